The molecule has 0 aliphatic carbocycles. The molecule has 3 heterocycles. The van der Waals surface area contributed by atoms with Gasteiger partial charge in [-0.2, -0.15) is 0 Å². The van der Waals surface area contributed by atoms with Crippen LogP contribution in [0.3, 0.4) is 0 Å². The van der Waals surface area contributed by atoms with Crippen LogP contribution >= 0.6 is 46.7 Å². The first kappa shape index (κ1) is 29.5. The van der Waals surface area contributed by atoms with Gasteiger partial charge in [0, 0.05) is 31.9 Å². The summed E-state index contributed by atoms with van der Waals surface area (Å²) in [6, 6.07) is 1.73. The lowest BCUT2D eigenvalue weighted by Crippen LogP contribution is -2.57. The van der Waals surface area contributed by atoms with Crippen molar-refractivity contribution in [1.82, 2.24) is 15.0 Å². The number of thioether (sulfide) groups is 2. The lowest BCUT2D eigenvalue weighted by Gasteiger charge is -2.44. The molecule has 39 heavy (non-hydrogen) atoms. The Kier molecular flexibility index (Phi) is 9.64. The van der Waals surface area contributed by atoms with Crippen molar-refractivity contribution in [2.45, 2.75) is 55.5 Å². The molecule has 2 aliphatic heterocycles. The van der Waals surface area contributed by atoms with Gasteiger partial charge in [-0.25, -0.2) is 9.07 Å². The third-order valence-electron chi connectivity index (χ3n) is 5.53. The maximum absolute atomic E-state index is 14.1. The minimum absolute atomic E-state index is 0.215. The number of anilines is 1. The molecular weight excluding hydrogens is 598 g/mol. The van der Waals surface area contributed by atoms with E-state index in [0.717, 1.165) is 11.8 Å². The molecule has 2 aliphatic rings. The highest BCUT2D eigenvalue weighted by molar-refractivity contribution is 8.02. The fourth-order valence-electron chi connectivity index (χ4n) is 3.98. The molecule has 16 heteroatoms. The highest BCUT2D eigenvalue weighted by Gasteiger charge is 2.52. The standard InChI is InChI=1S/C23H23Cl2FN4O7S2/c1-11(31)34-9-17-21(35-12(2)32)20(30-8-18(27-28-30)29-4-5-38-10-29)22(36-13(3)33)23(37-17)39-14-6-15(24)19(26)16(25)7-14/h4-8,17,20-23H,9-10H2,1-3H3/t17-,20+,21+,22-,23-/m1/s1. The largest absolute Gasteiger partial charge is 0.463 e. The molecule has 1 fully saturated rings. The number of hydrogen-bond acceptors (Lipinski definition) is 12. The van der Waals surface area contributed by atoms with Gasteiger partial charge >= 0.3 is 17.9 Å². The molecule has 0 bridgehead atoms. The third-order valence-corrected chi connectivity index (χ3v) is 7.94. The van der Waals surface area contributed by atoms with Crippen LogP contribution in [0.4, 0.5) is 10.2 Å². The fraction of sp³-hybridized carbons (Fsp3) is 0.435. The summed E-state index contributed by atoms with van der Waals surface area (Å²) in [5.41, 5.74) is -0.987. The average molecular weight is 621 g/mol. The second-order valence-electron chi connectivity index (χ2n) is 8.41. The Hall–Kier alpha value is -2.52. The quantitative estimate of drug-likeness (QED) is 0.239. The van der Waals surface area contributed by atoms with Crippen LogP contribution in [0, 0.1) is 5.82 Å². The maximum Gasteiger partial charge on any atom is 0.303 e. The van der Waals surface area contributed by atoms with Crippen LogP contribution in [0.1, 0.15) is 26.8 Å². The van der Waals surface area contributed by atoms with Crippen LogP contribution in [-0.2, 0) is 33.3 Å². The normalized spacial score (nSPS) is 24.5. The molecule has 0 amide bonds. The van der Waals surface area contributed by atoms with Crippen molar-refractivity contribution < 1.29 is 37.7 Å². The smallest absolute Gasteiger partial charge is 0.303 e. The Bertz CT molecular complexity index is 1260. The summed E-state index contributed by atoms with van der Waals surface area (Å²) in [5, 5.41) is 9.94. The zero-order valence-corrected chi connectivity index (χ0v) is 23.9. The first-order valence-electron chi connectivity index (χ1n) is 11.4. The molecule has 2 aromatic rings. The van der Waals surface area contributed by atoms with Crippen LogP contribution in [0.15, 0.2) is 34.8 Å². The minimum Gasteiger partial charge on any atom is -0.463 e. The van der Waals surface area contributed by atoms with Crippen LogP contribution in [0.25, 0.3) is 0 Å². The van der Waals surface area contributed by atoms with Gasteiger partial charge in [-0.1, -0.05) is 40.2 Å². The van der Waals surface area contributed by atoms with Crippen LogP contribution in [0.5, 0.6) is 0 Å². The Labute approximate surface area is 241 Å². The second kappa shape index (κ2) is 12.8. The van der Waals surface area contributed by atoms with Gasteiger partial charge in [0.25, 0.3) is 0 Å². The number of aromatic nitrogens is 3. The molecule has 0 spiro atoms. The van der Waals surface area contributed by atoms with Crippen molar-refractivity contribution in [3.8, 4) is 0 Å². The van der Waals surface area contributed by atoms with E-state index in [1.807, 2.05) is 16.5 Å². The molecule has 0 unspecified atom stereocenters. The second-order valence-corrected chi connectivity index (χ2v) is 11.3. The lowest BCUT2D eigenvalue weighted by atomic mass is 9.96. The highest BCUT2D eigenvalue weighted by atomic mass is 35.5. The molecule has 210 valence electrons. The first-order chi connectivity index (χ1) is 18.5. The molecule has 1 aromatic heterocycles. The predicted molar refractivity (Wildman–Crippen MR) is 142 cm³/mol. The summed E-state index contributed by atoms with van der Waals surface area (Å²) < 4.78 is 38.2. The molecule has 5 atom stereocenters. The highest BCUT2D eigenvalue weighted by Crippen LogP contribution is 2.43. The molecule has 0 N–H and O–H groups in total. The van der Waals surface area contributed by atoms with Gasteiger partial charge in [-0.05, 0) is 17.5 Å². The van der Waals surface area contributed by atoms with Crippen molar-refractivity contribution in [2.24, 2.45) is 0 Å². The van der Waals surface area contributed by atoms with E-state index in [9.17, 15) is 18.8 Å². The number of halogens is 3. The zero-order valence-electron chi connectivity index (χ0n) is 20.8. The van der Waals surface area contributed by atoms with Gasteiger partial charge in [0.15, 0.2) is 23.8 Å². The topological polar surface area (TPSA) is 122 Å². The number of carbonyl (C=O) groups is 3. The summed E-state index contributed by atoms with van der Waals surface area (Å²) >= 11 is 14.6. The van der Waals surface area contributed by atoms with Gasteiger partial charge in [-0.15, -0.1) is 16.9 Å². The molecule has 0 radical (unpaired) electrons. The molecule has 1 aromatic carbocycles. The van der Waals surface area contributed by atoms with Crippen LogP contribution in [-0.4, -0.2) is 69.1 Å². The summed E-state index contributed by atoms with van der Waals surface area (Å²) in [4.78, 5) is 38.3. The van der Waals surface area contributed by atoms with Crippen LogP contribution < -0.4 is 4.90 Å². The number of ether oxygens (including phenoxy) is 4. The molecule has 0 saturated carbocycles. The number of nitrogens with zero attached hydrogens (tertiary/aromatic N) is 4. The van der Waals surface area contributed by atoms with E-state index in [0.29, 0.717) is 16.6 Å². The van der Waals surface area contributed by atoms with Gasteiger partial charge in [0.1, 0.15) is 24.2 Å². The van der Waals surface area contributed by atoms with E-state index in [1.54, 1.807) is 18.0 Å². The maximum atomic E-state index is 14.1. The Morgan fingerprint density at radius 1 is 1.13 bits per heavy atom. The minimum atomic E-state index is -1.11. The SMILES string of the molecule is CC(=O)OC[C@H]1O[C@H](Sc2cc(Cl)c(F)c(Cl)c2)[C@H](OC(C)=O)[C@@H](n2cc(N3C=CSC3)nn2)[C@H]1OC(C)=O. The summed E-state index contributed by atoms with van der Waals surface area (Å²) in [6.45, 7) is 3.37. The van der Waals surface area contributed by atoms with E-state index in [2.05, 4.69) is 10.3 Å². The molecule has 4 rings (SSSR count). The van der Waals surface area contributed by atoms with Gasteiger partial charge in [0.2, 0.25) is 0 Å². The number of esters is 3. The van der Waals surface area contributed by atoms with Crippen molar-refractivity contribution in [3.63, 3.8) is 0 Å². The number of carbonyl (C=O) groups excluding carboxylic acids is 3. The molecule has 1 saturated heterocycles. The third kappa shape index (κ3) is 7.17. The van der Waals surface area contributed by atoms with Crippen molar-refractivity contribution in [2.75, 3.05) is 17.4 Å². The summed E-state index contributed by atoms with van der Waals surface area (Å²) in [6.07, 6.45) is 0.233. The van der Waals surface area contributed by atoms with E-state index in [1.165, 1.54) is 37.6 Å². The van der Waals surface area contributed by atoms with E-state index < -0.39 is 53.5 Å². The van der Waals surface area contributed by atoms with Gasteiger partial charge in [0.05, 0.1) is 22.1 Å². The number of hydrogen-bond donors (Lipinski definition) is 0. The number of rotatable bonds is 8. The van der Waals surface area contributed by atoms with Crippen molar-refractivity contribution >= 4 is 70.5 Å². The van der Waals surface area contributed by atoms with Gasteiger partial charge < -0.3 is 23.8 Å². The molecular formula is C23H23Cl2FN4O7S2. The van der Waals surface area contributed by atoms with Crippen molar-refractivity contribution in [1.29, 1.82) is 0 Å². The van der Waals surface area contributed by atoms with E-state index in [-0.39, 0.29) is 16.7 Å². The zero-order chi connectivity index (χ0) is 28.3. The average Bonchev–Trinajstić information content (AvgIpc) is 3.55. The number of benzene rings is 1. The first-order valence-corrected chi connectivity index (χ1v) is 14.1. The van der Waals surface area contributed by atoms with Gasteiger partial charge in [-0.3, -0.25) is 14.4 Å². The Morgan fingerprint density at radius 3 is 2.38 bits per heavy atom. The van der Waals surface area contributed by atoms with Crippen molar-refractivity contribution in [3.05, 3.63) is 45.8 Å². The Balaban J connectivity index is 1.78. The fourth-order valence-corrected chi connectivity index (χ4v) is 6.49. The molecule has 11 nitrogen and oxygen atoms in total. The van der Waals surface area contributed by atoms with E-state index in [4.69, 9.17) is 42.1 Å². The summed E-state index contributed by atoms with van der Waals surface area (Å²) in [7, 11) is 0. The van der Waals surface area contributed by atoms with E-state index >= 15 is 0 Å². The van der Waals surface area contributed by atoms with Crippen LogP contribution in [0.2, 0.25) is 10.0 Å². The predicted octanol–water partition coefficient (Wildman–Crippen LogP) is 4.19. The monoisotopic (exact) mass is 620 g/mol. The Morgan fingerprint density at radius 2 is 1.79 bits per heavy atom. The summed E-state index contributed by atoms with van der Waals surface area (Å²) in [5.74, 6) is -1.54. The lowest BCUT2D eigenvalue weighted by molar-refractivity contribution is -0.212.